The van der Waals surface area contributed by atoms with Crippen LogP contribution in [0.1, 0.15) is 53.9 Å². The van der Waals surface area contributed by atoms with Gasteiger partial charge in [0.1, 0.15) is 0 Å². The third-order valence-electron chi connectivity index (χ3n) is 4.20. The van der Waals surface area contributed by atoms with Crippen molar-refractivity contribution in [3.63, 3.8) is 0 Å². The summed E-state index contributed by atoms with van der Waals surface area (Å²) in [5, 5.41) is 3.16. The lowest BCUT2D eigenvalue weighted by molar-refractivity contribution is -0.129. The lowest BCUT2D eigenvalue weighted by Crippen LogP contribution is -2.47. The molecule has 1 saturated carbocycles. The molecule has 1 rings (SSSR count). The van der Waals surface area contributed by atoms with Crippen molar-refractivity contribution < 1.29 is 4.79 Å². The van der Waals surface area contributed by atoms with Gasteiger partial charge >= 0.3 is 0 Å². The number of nitrogens with two attached hydrogens (primary N) is 1. The molecule has 1 amide bonds. The average molecular weight is 240 g/mol. The van der Waals surface area contributed by atoms with Gasteiger partial charge in [0.25, 0.3) is 0 Å². The van der Waals surface area contributed by atoms with Gasteiger partial charge in [-0.2, -0.15) is 0 Å². The zero-order valence-corrected chi connectivity index (χ0v) is 11.9. The number of carbonyl (C=O) groups is 1. The lowest BCUT2D eigenvalue weighted by atomic mass is 9.77. The van der Waals surface area contributed by atoms with Gasteiger partial charge in [-0.3, -0.25) is 4.79 Å². The summed E-state index contributed by atoms with van der Waals surface area (Å²) in [5.74, 6) is 0.775. The Kier molecular flexibility index (Phi) is 4.59. The fourth-order valence-corrected chi connectivity index (χ4v) is 2.36. The standard InChI is InChI=1S/C14H28N2O/c1-9-8-11(15)6-7-12(9)13(17)16-10(2)14(3,4)5/h9-12H,6-8,15H2,1-5H3,(H,16,17). The van der Waals surface area contributed by atoms with E-state index in [0.717, 1.165) is 19.3 Å². The molecular formula is C14H28N2O. The molecule has 1 fully saturated rings. The third-order valence-corrected chi connectivity index (χ3v) is 4.20. The molecule has 0 aromatic heterocycles. The van der Waals surface area contributed by atoms with Crippen molar-refractivity contribution in [3.05, 3.63) is 0 Å². The van der Waals surface area contributed by atoms with Crippen molar-refractivity contribution >= 4 is 5.91 Å². The predicted octanol–water partition coefficient (Wildman–Crippen LogP) is 2.30. The zero-order chi connectivity index (χ0) is 13.2. The molecule has 0 aromatic rings. The Hall–Kier alpha value is -0.570. The Morgan fingerprint density at radius 1 is 1.35 bits per heavy atom. The van der Waals surface area contributed by atoms with Crippen molar-refractivity contribution in [2.75, 3.05) is 0 Å². The molecule has 3 N–H and O–H groups in total. The molecule has 0 aliphatic heterocycles. The van der Waals surface area contributed by atoms with Gasteiger partial charge in [-0.05, 0) is 37.5 Å². The van der Waals surface area contributed by atoms with Gasteiger partial charge in [0.2, 0.25) is 5.91 Å². The van der Waals surface area contributed by atoms with Crippen LogP contribution < -0.4 is 11.1 Å². The first-order chi connectivity index (χ1) is 7.71. The second-order valence-corrected chi connectivity index (χ2v) is 6.75. The Morgan fingerprint density at radius 3 is 2.41 bits per heavy atom. The first-order valence-corrected chi connectivity index (χ1v) is 6.77. The van der Waals surface area contributed by atoms with E-state index in [2.05, 4.69) is 39.9 Å². The first kappa shape index (κ1) is 14.5. The quantitative estimate of drug-likeness (QED) is 0.778. The van der Waals surface area contributed by atoms with E-state index in [1.807, 2.05) is 0 Å². The van der Waals surface area contributed by atoms with E-state index in [-0.39, 0.29) is 29.3 Å². The minimum absolute atomic E-state index is 0.115. The van der Waals surface area contributed by atoms with Crippen LogP contribution in [0.3, 0.4) is 0 Å². The molecule has 4 atom stereocenters. The molecule has 17 heavy (non-hydrogen) atoms. The molecule has 1 aliphatic carbocycles. The Balaban J connectivity index is 2.53. The van der Waals surface area contributed by atoms with E-state index < -0.39 is 0 Å². The summed E-state index contributed by atoms with van der Waals surface area (Å²) in [5.41, 5.74) is 6.04. The normalized spacial score (nSPS) is 32.0. The highest BCUT2D eigenvalue weighted by Gasteiger charge is 2.32. The maximum atomic E-state index is 12.2. The molecular weight excluding hydrogens is 212 g/mol. The van der Waals surface area contributed by atoms with E-state index in [9.17, 15) is 4.79 Å². The molecule has 0 spiro atoms. The molecule has 0 aromatic carbocycles. The van der Waals surface area contributed by atoms with Crippen LogP contribution >= 0.6 is 0 Å². The van der Waals surface area contributed by atoms with Crippen LogP contribution in [0.2, 0.25) is 0 Å². The molecule has 1 aliphatic rings. The molecule has 0 heterocycles. The lowest BCUT2D eigenvalue weighted by Gasteiger charge is -2.34. The van der Waals surface area contributed by atoms with Gasteiger partial charge in [0.15, 0.2) is 0 Å². The molecule has 3 heteroatoms. The second-order valence-electron chi connectivity index (χ2n) is 6.75. The highest BCUT2D eigenvalue weighted by molar-refractivity contribution is 5.79. The SMILES string of the molecule is CC1CC(N)CCC1C(=O)NC(C)C(C)(C)C. The Bertz CT molecular complexity index is 270. The molecule has 4 unspecified atom stereocenters. The average Bonchev–Trinajstić information content (AvgIpc) is 2.15. The van der Waals surface area contributed by atoms with Crippen molar-refractivity contribution in [1.29, 1.82) is 0 Å². The number of nitrogens with one attached hydrogen (secondary N) is 1. The number of hydrogen-bond donors (Lipinski definition) is 2. The van der Waals surface area contributed by atoms with Crippen LogP contribution in [-0.4, -0.2) is 18.0 Å². The highest BCUT2D eigenvalue weighted by Crippen LogP contribution is 2.30. The van der Waals surface area contributed by atoms with Crippen LogP contribution in [0.5, 0.6) is 0 Å². The summed E-state index contributed by atoms with van der Waals surface area (Å²) in [6.45, 7) is 10.7. The van der Waals surface area contributed by atoms with Crippen LogP contribution in [-0.2, 0) is 4.79 Å². The van der Waals surface area contributed by atoms with E-state index in [0.29, 0.717) is 5.92 Å². The van der Waals surface area contributed by atoms with Gasteiger partial charge in [-0.1, -0.05) is 27.7 Å². The number of carbonyl (C=O) groups excluding carboxylic acids is 1. The van der Waals surface area contributed by atoms with Crippen molar-refractivity contribution in [1.82, 2.24) is 5.32 Å². The summed E-state index contributed by atoms with van der Waals surface area (Å²) in [7, 11) is 0. The molecule has 0 saturated heterocycles. The molecule has 3 nitrogen and oxygen atoms in total. The Labute approximate surface area is 106 Å². The topological polar surface area (TPSA) is 55.1 Å². The largest absolute Gasteiger partial charge is 0.353 e. The van der Waals surface area contributed by atoms with Gasteiger partial charge in [-0.15, -0.1) is 0 Å². The Morgan fingerprint density at radius 2 is 1.94 bits per heavy atom. The fourth-order valence-electron chi connectivity index (χ4n) is 2.36. The minimum atomic E-state index is 0.115. The number of rotatable bonds is 2. The molecule has 100 valence electrons. The van der Waals surface area contributed by atoms with Gasteiger partial charge < -0.3 is 11.1 Å². The zero-order valence-electron chi connectivity index (χ0n) is 11.9. The monoisotopic (exact) mass is 240 g/mol. The number of amides is 1. The van der Waals surface area contributed by atoms with Crippen LogP contribution in [0.25, 0.3) is 0 Å². The fraction of sp³-hybridized carbons (Fsp3) is 0.929. The highest BCUT2D eigenvalue weighted by atomic mass is 16.2. The van der Waals surface area contributed by atoms with E-state index in [4.69, 9.17) is 5.73 Å². The second kappa shape index (κ2) is 5.38. The maximum absolute atomic E-state index is 12.2. The smallest absolute Gasteiger partial charge is 0.223 e. The minimum Gasteiger partial charge on any atom is -0.353 e. The maximum Gasteiger partial charge on any atom is 0.223 e. The van der Waals surface area contributed by atoms with Gasteiger partial charge in [-0.25, -0.2) is 0 Å². The van der Waals surface area contributed by atoms with Crippen molar-refractivity contribution in [2.24, 2.45) is 23.0 Å². The van der Waals surface area contributed by atoms with Crippen LogP contribution in [0.15, 0.2) is 0 Å². The van der Waals surface area contributed by atoms with E-state index in [1.165, 1.54) is 0 Å². The van der Waals surface area contributed by atoms with Crippen LogP contribution in [0, 0.1) is 17.3 Å². The van der Waals surface area contributed by atoms with Gasteiger partial charge in [0.05, 0.1) is 0 Å². The summed E-state index contributed by atoms with van der Waals surface area (Å²) in [4.78, 5) is 12.2. The number of hydrogen-bond acceptors (Lipinski definition) is 2. The summed E-state index contributed by atoms with van der Waals surface area (Å²) in [6.07, 6.45) is 2.89. The summed E-state index contributed by atoms with van der Waals surface area (Å²) >= 11 is 0. The van der Waals surface area contributed by atoms with E-state index >= 15 is 0 Å². The van der Waals surface area contributed by atoms with Crippen LogP contribution in [0.4, 0.5) is 0 Å². The summed E-state index contributed by atoms with van der Waals surface area (Å²) in [6, 6.07) is 0.492. The third kappa shape index (κ3) is 3.98. The summed E-state index contributed by atoms with van der Waals surface area (Å²) < 4.78 is 0. The van der Waals surface area contributed by atoms with Crippen molar-refractivity contribution in [3.8, 4) is 0 Å². The molecule has 0 bridgehead atoms. The predicted molar refractivity (Wildman–Crippen MR) is 71.5 cm³/mol. The first-order valence-electron chi connectivity index (χ1n) is 6.77. The van der Waals surface area contributed by atoms with Gasteiger partial charge in [0, 0.05) is 18.0 Å². The van der Waals surface area contributed by atoms with E-state index in [1.54, 1.807) is 0 Å². The van der Waals surface area contributed by atoms with Crippen molar-refractivity contribution in [2.45, 2.75) is 66.0 Å². The molecule has 0 radical (unpaired) electrons.